The average Bonchev–Trinajstić information content (AvgIpc) is 2.68. The summed E-state index contributed by atoms with van der Waals surface area (Å²) in [6.07, 6.45) is 3.29. The number of hydrogen-bond acceptors (Lipinski definition) is 6. The molecule has 3 N–H and O–H groups in total. The summed E-state index contributed by atoms with van der Waals surface area (Å²) in [6, 6.07) is 9.18. The fourth-order valence-electron chi connectivity index (χ4n) is 2.66. The van der Waals surface area contributed by atoms with E-state index in [1.165, 1.54) is 6.33 Å². The van der Waals surface area contributed by atoms with Crippen LogP contribution >= 0.6 is 11.6 Å². The highest BCUT2D eigenvalue weighted by Crippen LogP contribution is 2.35. The van der Waals surface area contributed by atoms with Crippen molar-refractivity contribution in [3.63, 3.8) is 0 Å². The topological polar surface area (TPSA) is 82.3 Å². The number of halogens is 1. The number of unbranched alkanes of at least 4 members (excludes halogenated alkanes) is 1. The van der Waals surface area contributed by atoms with Crippen LogP contribution in [0.25, 0.3) is 10.9 Å². The van der Waals surface area contributed by atoms with Crippen molar-refractivity contribution in [3.8, 4) is 11.5 Å². The Kier molecular flexibility index (Phi) is 6.32. The maximum atomic E-state index is 6.10. The molecule has 0 amide bonds. The molecule has 0 fully saturated rings. The Morgan fingerprint density at radius 3 is 2.78 bits per heavy atom. The van der Waals surface area contributed by atoms with Crippen molar-refractivity contribution in [1.82, 2.24) is 9.97 Å². The molecule has 7 heteroatoms. The van der Waals surface area contributed by atoms with Crippen LogP contribution in [-0.2, 0) is 0 Å². The van der Waals surface area contributed by atoms with Crippen LogP contribution in [0.3, 0.4) is 0 Å². The quantitative estimate of drug-likeness (QED) is 0.561. The zero-order chi connectivity index (χ0) is 19.2. The highest BCUT2D eigenvalue weighted by Gasteiger charge is 2.12. The van der Waals surface area contributed by atoms with Crippen molar-refractivity contribution < 1.29 is 9.47 Å². The van der Waals surface area contributed by atoms with Crippen LogP contribution in [0.4, 0.5) is 11.5 Å². The number of nitrogens with zero attached hydrogens (tertiary/aromatic N) is 2. The van der Waals surface area contributed by atoms with Gasteiger partial charge in [-0.15, -0.1) is 0 Å². The van der Waals surface area contributed by atoms with Gasteiger partial charge in [0.15, 0.2) is 11.5 Å². The number of aromatic nitrogens is 2. The van der Waals surface area contributed by atoms with Crippen LogP contribution in [0.5, 0.6) is 11.5 Å². The van der Waals surface area contributed by atoms with Gasteiger partial charge in [0.25, 0.3) is 0 Å². The molecule has 6 nitrogen and oxygen atoms in total. The van der Waals surface area contributed by atoms with Crippen LogP contribution < -0.4 is 20.5 Å². The minimum absolute atomic E-state index is 0.562. The molecular formula is C20H22ClN4O2. The summed E-state index contributed by atoms with van der Waals surface area (Å²) in [5, 5.41) is 4.72. The molecule has 0 saturated heterocycles. The van der Waals surface area contributed by atoms with Gasteiger partial charge in [-0.1, -0.05) is 17.7 Å². The maximum absolute atomic E-state index is 6.10. The molecular weight excluding hydrogens is 364 g/mol. The summed E-state index contributed by atoms with van der Waals surface area (Å²) in [7, 11) is 1.61. The van der Waals surface area contributed by atoms with Gasteiger partial charge in [0, 0.05) is 22.2 Å². The van der Waals surface area contributed by atoms with Gasteiger partial charge in [0.2, 0.25) is 0 Å². The Morgan fingerprint density at radius 2 is 2.00 bits per heavy atom. The van der Waals surface area contributed by atoms with Crippen molar-refractivity contribution in [2.45, 2.75) is 12.8 Å². The highest BCUT2D eigenvalue weighted by atomic mass is 35.5. The van der Waals surface area contributed by atoms with E-state index in [9.17, 15) is 0 Å². The second-order valence-electron chi connectivity index (χ2n) is 6.01. The summed E-state index contributed by atoms with van der Waals surface area (Å²) in [5.41, 5.74) is 7.88. The molecule has 0 aliphatic heterocycles. The van der Waals surface area contributed by atoms with Gasteiger partial charge < -0.3 is 20.5 Å². The van der Waals surface area contributed by atoms with E-state index >= 15 is 0 Å². The Morgan fingerprint density at radius 1 is 1.15 bits per heavy atom. The van der Waals surface area contributed by atoms with E-state index in [0.29, 0.717) is 35.5 Å². The zero-order valence-corrected chi connectivity index (χ0v) is 15.9. The van der Waals surface area contributed by atoms with Crippen LogP contribution in [0.2, 0.25) is 5.02 Å². The summed E-state index contributed by atoms with van der Waals surface area (Å²) >= 11 is 6.10. The molecule has 0 aliphatic carbocycles. The second kappa shape index (κ2) is 8.88. The summed E-state index contributed by atoms with van der Waals surface area (Å²) < 4.78 is 11.3. The van der Waals surface area contributed by atoms with Gasteiger partial charge in [0.05, 0.1) is 19.2 Å². The fourth-order valence-corrected chi connectivity index (χ4v) is 2.83. The third-order valence-corrected chi connectivity index (χ3v) is 4.34. The van der Waals surface area contributed by atoms with Gasteiger partial charge >= 0.3 is 0 Å². The number of anilines is 2. The van der Waals surface area contributed by atoms with Crippen LogP contribution in [0.15, 0.2) is 36.7 Å². The Balaban J connectivity index is 1.96. The van der Waals surface area contributed by atoms with E-state index in [-0.39, 0.29) is 0 Å². The first-order valence-corrected chi connectivity index (χ1v) is 9.04. The predicted octanol–water partition coefficient (Wildman–Crippen LogP) is 4.34. The van der Waals surface area contributed by atoms with Gasteiger partial charge in [-0.25, -0.2) is 9.97 Å². The lowest BCUT2D eigenvalue weighted by molar-refractivity contribution is 0.287. The molecule has 141 valence electrons. The van der Waals surface area contributed by atoms with Crippen LogP contribution in [0, 0.1) is 6.92 Å². The van der Waals surface area contributed by atoms with Gasteiger partial charge in [-0.05, 0) is 50.1 Å². The van der Waals surface area contributed by atoms with Crippen molar-refractivity contribution in [2.75, 3.05) is 25.6 Å². The Bertz CT molecular complexity index is 933. The summed E-state index contributed by atoms with van der Waals surface area (Å²) in [6.45, 7) is 5.23. The van der Waals surface area contributed by atoms with Crippen LogP contribution in [0.1, 0.15) is 18.4 Å². The molecule has 1 aromatic heterocycles. The molecule has 3 rings (SSSR count). The minimum atomic E-state index is 0.562. The third-order valence-electron chi connectivity index (χ3n) is 4.10. The number of hydrogen-bond donors (Lipinski definition) is 2. The number of fused-ring (bicyclic) bond motifs is 1. The highest BCUT2D eigenvalue weighted by molar-refractivity contribution is 6.30. The van der Waals surface area contributed by atoms with E-state index in [4.69, 9.17) is 26.8 Å². The number of nitrogens with two attached hydrogens (primary N) is 1. The minimum Gasteiger partial charge on any atom is -0.493 e. The van der Waals surface area contributed by atoms with Gasteiger partial charge in [-0.2, -0.15) is 0 Å². The van der Waals surface area contributed by atoms with Crippen molar-refractivity contribution in [3.05, 3.63) is 54.2 Å². The first-order chi connectivity index (χ1) is 13.1. The monoisotopic (exact) mass is 385 g/mol. The lowest BCUT2D eigenvalue weighted by atomic mass is 10.1. The largest absolute Gasteiger partial charge is 0.493 e. The summed E-state index contributed by atoms with van der Waals surface area (Å²) in [5.74, 6) is 1.91. The zero-order valence-electron chi connectivity index (χ0n) is 15.2. The maximum Gasteiger partial charge on any atom is 0.162 e. The smallest absolute Gasteiger partial charge is 0.162 e. The summed E-state index contributed by atoms with van der Waals surface area (Å²) in [4.78, 5) is 8.71. The molecule has 0 atom stereocenters. The van der Waals surface area contributed by atoms with Crippen molar-refractivity contribution in [2.24, 2.45) is 5.73 Å². The molecule has 0 unspecified atom stereocenters. The SMILES string of the molecule is [CH2]c1ccc(Cl)cc1Nc1ncnc2cc(OC)c(OCCCCN)cc12. The van der Waals surface area contributed by atoms with E-state index < -0.39 is 0 Å². The molecule has 3 aromatic rings. The lowest BCUT2D eigenvalue weighted by Gasteiger charge is -2.14. The Hall–Kier alpha value is -2.57. The van der Waals surface area contributed by atoms with E-state index in [2.05, 4.69) is 22.2 Å². The first-order valence-electron chi connectivity index (χ1n) is 8.66. The number of nitrogens with one attached hydrogen (secondary N) is 1. The lowest BCUT2D eigenvalue weighted by Crippen LogP contribution is -2.04. The fraction of sp³-hybridized carbons (Fsp3) is 0.250. The van der Waals surface area contributed by atoms with Crippen LogP contribution in [-0.4, -0.2) is 30.2 Å². The molecule has 0 aliphatic rings. The number of ether oxygens (including phenoxy) is 2. The second-order valence-corrected chi connectivity index (χ2v) is 6.45. The van der Waals surface area contributed by atoms with Gasteiger partial charge in [0.1, 0.15) is 12.1 Å². The van der Waals surface area contributed by atoms with Gasteiger partial charge in [-0.3, -0.25) is 0 Å². The molecule has 0 saturated carbocycles. The number of methoxy groups -OCH3 is 1. The van der Waals surface area contributed by atoms with E-state index in [1.54, 1.807) is 13.2 Å². The standard InChI is InChI=1S/C20H22ClN4O2/c1-13-5-6-14(21)9-16(13)25-20-15-10-19(27-8-4-3-7-22)18(26-2)11-17(15)23-12-24-20/h5-6,9-12H,1,3-4,7-8,22H2,2H3,(H,23,24,25). The molecule has 0 spiro atoms. The molecule has 2 aromatic carbocycles. The normalized spacial score (nSPS) is 10.8. The van der Waals surface area contributed by atoms with E-state index in [1.807, 2.05) is 24.3 Å². The molecule has 1 heterocycles. The average molecular weight is 386 g/mol. The van der Waals surface area contributed by atoms with Crippen molar-refractivity contribution >= 4 is 34.0 Å². The number of benzene rings is 2. The van der Waals surface area contributed by atoms with E-state index in [0.717, 1.165) is 35.0 Å². The molecule has 27 heavy (non-hydrogen) atoms. The van der Waals surface area contributed by atoms with Crippen molar-refractivity contribution in [1.29, 1.82) is 0 Å². The Labute approximate surface area is 163 Å². The molecule has 1 radical (unpaired) electrons. The molecule has 0 bridgehead atoms. The first kappa shape index (κ1) is 19.2. The predicted molar refractivity (Wildman–Crippen MR) is 109 cm³/mol. The number of rotatable bonds is 8. The third kappa shape index (κ3) is 4.59.